The van der Waals surface area contributed by atoms with Crippen molar-refractivity contribution in [1.29, 1.82) is 0 Å². The molecule has 0 bridgehead atoms. The molecule has 4 heterocycles. The number of aryl methyl sites for hydroxylation is 1. The smallest absolute Gasteiger partial charge is 0.410 e. The van der Waals surface area contributed by atoms with E-state index in [1.807, 2.05) is 52.2 Å². The van der Waals surface area contributed by atoms with Gasteiger partial charge in [-0.25, -0.2) is 14.2 Å². The largest absolute Gasteiger partial charge is 0.496 e. The number of aromatic amines is 1. The van der Waals surface area contributed by atoms with Gasteiger partial charge in [0.05, 0.1) is 18.8 Å². The second-order valence-electron chi connectivity index (χ2n) is 9.82. The van der Waals surface area contributed by atoms with Gasteiger partial charge in [0.2, 0.25) is 0 Å². The van der Waals surface area contributed by atoms with Crippen molar-refractivity contribution in [2.45, 2.75) is 58.5 Å². The summed E-state index contributed by atoms with van der Waals surface area (Å²) in [4.78, 5) is 22.2. The van der Waals surface area contributed by atoms with Crippen molar-refractivity contribution >= 4 is 23.2 Å². The van der Waals surface area contributed by atoms with Crippen LogP contribution in [-0.4, -0.2) is 39.3 Å². The minimum absolute atomic E-state index is 0.0192. The van der Waals surface area contributed by atoms with Gasteiger partial charge < -0.3 is 14.5 Å². The SMILES string of the molecule is Cc1c[nH]c2ncc(-c3cc4c(c(C5CC(F)CN5C(=O)OC(C)(C)C)c3)COC=C4)cc12. The van der Waals surface area contributed by atoms with Crippen molar-refractivity contribution in [3.8, 4) is 11.1 Å². The molecule has 6 nitrogen and oxygen atoms in total. The molecular formula is C26H28FN3O3. The molecule has 2 atom stereocenters. The number of aromatic nitrogens is 2. The van der Waals surface area contributed by atoms with Crippen molar-refractivity contribution in [3.63, 3.8) is 0 Å². The molecule has 7 heteroatoms. The molecule has 3 aromatic rings. The molecule has 2 aliphatic rings. The van der Waals surface area contributed by atoms with E-state index in [-0.39, 0.29) is 13.0 Å². The van der Waals surface area contributed by atoms with Crippen molar-refractivity contribution in [3.05, 3.63) is 59.1 Å². The molecule has 0 aliphatic carbocycles. The molecule has 1 saturated heterocycles. The van der Waals surface area contributed by atoms with Crippen LogP contribution in [-0.2, 0) is 16.1 Å². The number of ether oxygens (including phenoxy) is 2. The maximum atomic E-state index is 14.6. The van der Waals surface area contributed by atoms with Crippen molar-refractivity contribution < 1.29 is 18.7 Å². The summed E-state index contributed by atoms with van der Waals surface area (Å²) in [5, 5.41) is 1.06. The number of carbonyl (C=O) groups is 1. The molecule has 1 aromatic carbocycles. The van der Waals surface area contributed by atoms with Crippen molar-refractivity contribution in [1.82, 2.24) is 14.9 Å². The number of hydrogen-bond acceptors (Lipinski definition) is 4. The maximum Gasteiger partial charge on any atom is 0.410 e. The molecule has 5 rings (SSSR count). The number of rotatable bonds is 2. The zero-order valence-electron chi connectivity index (χ0n) is 19.3. The molecule has 33 heavy (non-hydrogen) atoms. The Kier molecular flexibility index (Phi) is 5.15. The summed E-state index contributed by atoms with van der Waals surface area (Å²) in [6.45, 7) is 7.89. The number of alkyl halides is 1. The first-order valence-corrected chi connectivity index (χ1v) is 11.2. The van der Waals surface area contributed by atoms with Crippen LogP contribution >= 0.6 is 0 Å². The van der Waals surface area contributed by atoms with Gasteiger partial charge in [0, 0.05) is 35.3 Å². The molecule has 2 aliphatic heterocycles. The van der Waals surface area contributed by atoms with E-state index < -0.39 is 23.9 Å². The quantitative estimate of drug-likeness (QED) is 0.516. The standard InChI is InChI=1S/C26H28FN3O3/c1-15-11-28-24-20(15)9-18(12-29-24)17-7-16-5-6-32-14-22(16)21(8-17)23-10-19(27)13-30(23)25(31)33-26(2,3)4/h5-9,11-12,19,23H,10,13-14H2,1-4H3,(H,28,29). The van der Waals surface area contributed by atoms with E-state index in [9.17, 15) is 9.18 Å². The maximum absolute atomic E-state index is 14.6. The number of carbonyl (C=O) groups excluding carboxylic acids is 1. The first-order valence-electron chi connectivity index (χ1n) is 11.2. The molecule has 1 fully saturated rings. The Balaban J connectivity index is 1.61. The van der Waals surface area contributed by atoms with Gasteiger partial charge in [-0.05, 0) is 74.2 Å². The first kappa shape index (κ1) is 21.5. The van der Waals surface area contributed by atoms with Crippen LogP contribution in [0.2, 0.25) is 0 Å². The van der Waals surface area contributed by atoms with Gasteiger partial charge >= 0.3 is 6.09 Å². The minimum atomic E-state index is -1.11. The van der Waals surface area contributed by atoms with Crippen LogP contribution < -0.4 is 0 Å². The zero-order chi connectivity index (χ0) is 23.3. The molecule has 0 spiro atoms. The van der Waals surface area contributed by atoms with Crippen LogP contribution in [0.15, 0.2) is 36.9 Å². The Morgan fingerprint density at radius 2 is 2.09 bits per heavy atom. The second kappa shape index (κ2) is 7.90. The van der Waals surface area contributed by atoms with E-state index in [2.05, 4.69) is 22.1 Å². The van der Waals surface area contributed by atoms with Crippen LogP contribution in [0.3, 0.4) is 0 Å². The third-order valence-corrected chi connectivity index (χ3v) is 6.20. The van der Waals surface area contributed by atoms with Crippen molar-refractivity contribution in [2.75, 3.05) is 6.54 Å². The number of benzene rings is 1. The fourth-order valence-corrected chi connectivity index (χ4v) is 4.64. The number of H-pyrrole nitrogens is 1. The average Bonchev–Trinajstić information content (AvgIpc) is 3.34. The third kappa shape index (κ3) is 4.08. The zero-order valence-corrected chi connectivity index (χ0v) is 19.3. The van der Waals surface area contributed by atoms with Crippen LogP contribution in [0, 0.1) is 6.92 Å². The molecule has 2 aromatic heterocycles. The van der Waals surface area contributed by atoms with Crippen LogP contribution in [0.25, 0.3) is 28.2 Å². The fraction of sp³-hybridized carbons (Fsp3) is 0.385. The monoisotopic (exact) mass is 449 g/mol. The third-order valence-electron chi connectivity index (χ3n) is 6.20. The molecule has 0 radical (unpaired) electrons. The first-order chi connectivity index (χ1) is 15.7. The Labute approximate surface area is 192 Å². The lowest BCUT2D eigenvalue weighted by molar-refractivity contribution is 0.0215. The number of pyridine rings is 1. The molecule has 172 valence electrons. The van der Waals surface area contributed by atoms with Crippen LogP contribution in [0.5, 0.6) is 0 Å². The summed E-state index contributed by atoms with van der Waals surface area (Å²) in [6, 6.07) is 5.83. The lowest BCUT2D eigenvalue weighted by atomic mass is 9.89. The Morgan fingerprint density at radius 1 is 1.27 bits per heavy atom. The van der Waals surface area contributed by atoms with Crippen LogP contribution in [0.4, 0.5) is 9.18 Å². The lowest BCUT2D eigenvalue weighted by Crippen LogP contribution is -2.37. The average molecular weight is 450 g/mol. The number of nitrogens with one attached hydrogen (secondary N) is 1. The summed E-state index contributed by atoms with van der Waals surface area (Å²) in [5.41, 5.74) is 6.12. The lowest BCUT2D eigenvalue weighted by Gasteiger charge is -2.30. The van der Waals surface area contributed by atoms with E-state index in [1.165, 1.54) is 4.90 Å². The molecular weight excluding hydrogens is 421 g/mol. The Hall–Kier alpha value is -3.35. The van der Waals surface area contributed by atoms with Gasteiger partial charge in [0.25, 0.3) is 0 Å². The number of amides is 1. The number of nitrogens with zero attached hydrogens (tertiary/aromatic N) is 2. The van der Waals surface area contributed by atoms with Gasteiger partial charge in [-0.15, -0.1) is 0 Å². The van der Waals surface area contributed by atoms with Crippen LogP contribution in [0.1, 0.15) is 55.5 Å². The highest BCUT2D eigenvalue weighted by Crippen LogP contribution is 2.41. The minimum Gasteiger partial charge on any atom is -0.496 e. The highest BCUT2D eigenvalue weighted by Gasteiger charge is 2.40. The van der Waals surface area contributed by atoms with E-state index in [0.29, 0.717) is 6.61 Å². The van der Waals surface area contributed by atoms with Crippen molar-refractivity contribution in [2.24, 2.45) is 0 Å². The van der Waals surface area contributed by atoms with Gasteiger partial charge in [-0.3, -0.25) is 4.90 Å². The fourth-order valence-electron chi connectivity index (χ4n) is 4.64. The summed E-state index contributed by atoms with van der Waals surface area (Å²) in [5.74, 6) is 0. The number of fused-ring (bicyclic) bond motifs is 2. The number of halogens is 1. The number of hydrogen-bond donors (Lipinski definition) is 1. The van der Waals surface area contributed by atoms with E-state index >= 15 is 0 Å². The Morgan fingerprint density at radius 3 is 2.88 bits per heavy atom. The molecule has 1 N–H and O–H groups in total. The van der Waals surface area contributed by atoms with E-state index in [0.717, 1.165) is 44.4 Å². The summed E-state index contributed by atoms with van der Waals surface area (Å²) < 4.78 is 25.8. The topological polar surface area (TPSA) is 67.5 Å². The van der Waals surface area contributed by atoms with E-state index in [1.54, 1.807) is 6.26 Å². The highest BCUT2D eigenvalue weighted by molar-refractivity contribution is 5.85. The van der Waals surface area contributed by atoms with Gasteiger partial charge in [0.15, 0.2) is 0 Å². The summed E-state index contributed by atoms with van der Waals surface area (Å²) in [7, 11) is 0. The van der Waals surface area contributed by atoms with Gasteiger partial charge in [-0.2, -0.15) is 0 Å². The highest BCUT2D eigenvalue weighted by atomic mass is 19.1. The Bertz CT molecular complexity index is 1260. The number of likely N-dealkylation sites (tertiary alicyclic amines) is 1. The van der Waals surface area contributed by atoms with E-state index in [4.69, 9.17) is 9.47 Å². The van der Waals surface area contributed by atoms with Gasteiger partial charge in [0.1, 0.15) is 24.0 Å². The van der Waals surface area contributed by atoms with Gasteiger partial charge in [-0.1, -0.05) is 0 Å². The second-order valence-corrected chi connectivity index (χ2v) is 9.82. The summed E-state index contributed by atoms with van der Waals surface area (Å²) >= 11 is 0. The predicted octanol–water partition coefficient (Wildman–Crippen LogP) is 6.06. The predicted molar refractivity (Wildman–Crippen MR) is 125 cm³/mol. The normalized spacial score (nSPS) is 20.1. The summed E-state index contributed by atoms with van der Waals surface area (Å²) in [6.07, 6.45) is 5.99. The molecule has 1 amide bonds. The molecule has 2 unspecified atom stereocenters. The molecule has 0 saturated carbocycles.